The van der Waals surface area contributed by atoms with Gasteiger partial charge in [-0.05, 0) is 41.3 Å². The number of carbonyl (C=O) groups is 1. The van der Waals surface area contributed by atoms with Crippen LogP contribution in [0.3, 0.4) is 0 Å². The van der Waals surface area contributed by atoms with Crippen molar-refractivity contribution in [1.82, 2.24) is 5.32 Å². The fraction of sp³-hybridized carbons (Fsp3) is 0.136. The molecule has 0 saturated heterocycles. The largest absolute Gasteiger partial charge is 0.508 e. The Kier molecular flexibility index (Phi) is 5.14. The number of hydrogen-bond acceptors (Lipinski definition) is 2. The summed E-state index contributed by atoms with van der Waals surface area (Å²) in [5.74, 6) is 0.168. The van der Waals surface area contributed by atoms with Gasteiger partial charge in [-0.15, -0.1) is 0 Å². The zero-order valence-electron chi connectivity index (χ0n) is 14.1. The van der Waals surface area contributed by atoms with Gasteiger partial charge in [-0.1, -0.05) is 66.7 Å². The molecule has 1 atom stereocenters. The SMILES string of the molecule is CC(NC(=O)Cc1ccc(O)cc1)c1ccc(-c2ccccc2)cc1. The van der Waals surface area contributed by atoms with E-state index in [-0.39, 0.29) is 17.7 Å². The van der Waals surface area contributed by atoms with Gasteiger partial charge in [0, 0.05) is 0 Å². The topological polar surface area (TPSA) is 49.3 Å². The first-order valence-electron chi connectivity index (χ1n) is 8.34. The average molecular weight is 331 g/mol. The van der Waals surface area contributed by atoms with Crippen LogP contribution in [0, 0.1) is 0 Å². The smallest absolute Gasteiger partial charge is 0.224 e. The van der Waals surface area contributed by atoms with Gasteiger partial charge < -0.3 is 10.4 Å². The lowest BCUT2D eigenvalue weighted by Crippen LogP contribution is -2.28. The Balaban J connectivity index is 1.61. The van der Waals surface area contributed by atoms with Crippen LogP contribution in [0.5, 0.6) is 5.75 Å². The molecule has 0 aliphatic carbocycles. The van der Waals surface area contributed by atoms with Gasteiger partial charge in [-0.3, -0.25) is 4.79 Å². The standard InChI is InChI=1S/C22H21NO2/c1-16(23-22(25)15-17-7-13-21(24)14-8-17)18-9-11-20(12-10-18)19-5-3-2-4-6-19/h2-14,16,24H,15H2,1H3,(H,23,25). The van der Waals surface area contributed by atoms with Crippen LogP contribution >= 0.6 is 0 Å². The van der Waals surface area contributed by atoms with Gasteiger partial charge in [0.15, 0.2) is 0 Å². The molecule has 126 valence electrons. The van der Waals surface area contributed by atoms with Crippen molar-refractivity contribution >= 4 is 5.91 Å². The first-order valence-corrected chi connectivity index (χ1v) is 8.34. The molecule has 0 bridgehead atoms. The zero-order valence-corrected chi connectivity index (χ0v) is 14.1. The molecule has 3 aromatic carbocycles. The van der Waals surface area contributed by atoms with E-state index in [1.807, 2.05) is 37.3 Å². The second-order valence-corrected chi connectivity index (χ2v) is 6.12. The van der Waals surface area contributed by atoms with Crippen molar-refractivity contribution in [3.05, 3.63) is 90.0 Å². The maximum atomic E-state index is 12.2. The summed E-state index contributed by atoms with van der Waals surface area (Å²) in [5.41, 5.74) is 4.28. The van der Waals surface area contributed by atoms with Crippen LogP contribution in [-0.4, -0.2) is 11.0 Å². The molecule has 2 N–H and O–H groups in total. The van der Waals surface area contributed by atoms with E-state index in [0.29, 0.717) is 6.42 Å². The van der Waals surface area contributed by atoms with E-state index < -0.39 is 0 Å². The average Bonchev–Trinajstić information content (AvgIpc) is 2.64. The fourth-order valence-corrected chi connectivity index (χ4v) is 2.77. The third kappa shape index (κ3) is 4.48. The van der Waals surface area contributed by atoms with E-state index in [1.54, 1.807) is 24.3 Å². The molecule has 0 aliphatic heterocycles. The van der Waals surface area contributed by atoms with E-state index in [9.17, 15) is 9.90 Å². The maximum Gasteiger partial charge on any atom is 0.224 e. The Morgan fingerprint density at radius 1 is 0.880 bits per heavy atom. The Labute approximate surface area is 148 Å². The van der Waals surface area contributed by atoms with E-state index in [2.05, 4.69) is 29.6 Å². The monoisotopic (exact) mass is 331 g/mol. The Morgan fingerprint density at radius 3 is 2.12 bits per heavy atom. The van der Waals surface area contributed by atoms with Crippen molar-refractivity contribution in [2.75, 3.05) is 0 Å². The third-order valence-corrected chi connectivity index (χ3v) is 4.20. The van der Waals surface area contributed by atoms with Crippen LogP contribution in [0.4, 0.5) is 0 Å². The van der Waals surface area contributed by atoms with Gasteiger partial charge >= 0.3 is 0 Å². The normalized spacial score (nSPS) is 11.7. The number of nitrogens with one attached hydrogen (secondary N) is 1. The molecule has 0 spiro atoms. The molecule has 0 heterocycles. The molecular weight excluding hydrogens is 310 g/mol. The lowest BCUT2D eigenvalue weighted by molar-refractivity contribution is -0.121. The molecule has 0 saturated carbocycles. The number of phenolic OH excluding ortho intramolecular Hbond substituents is 1. The first-order chi connectivity index (χ1) is 12.1. The van der Waals surface area contributed by atoms with Gasteiger partial charge in [0.25, 0.3) is 0 Å². The number of carbonyl (C=O) groups excluding carboxylic acids is 1. The number of benzene rings is 3. The van der Waals surface area contributed by atoms with Crippen LogP contribution in [0.1, 0.15) is 24.1 Å². The molecular formula is C22H21NO2. The molecule has 3 aromatic rings. The molecule has 0 fully saturated rings. The number of rotatable bonds is 5. The van der Waals surface area contributed by atoms with Gasteiger partial charge in [0.2, 0.25) is 5.91 Å². The number of hydrogen-bond donors (Lipinski definition) is 2. The van der Waals surface area contributed by atoms with Crippen molar-refractivity contribution < 1.29 is 9.90 Å². The molecule has 25 heavy (non-hydrogen) atoms. The van der Waals surface area contributed by atoms with Crippen molar-refractivity contribution in [2.24, 2.45) is 0 Å². The van der Waals surface area contributed by atoms with Crippen molar-refractivity contribution in [3.63, 3.8) is 0 Å². The minimum atomic E-state index is -0.0607. The van der Waals surface area contributed by atoms with Crippen molar-refractivity contribution in [1.29, 1.82) is 0 Å². The van der Waals surface area contributed by atoms with E-state index in [4.69, 9.17) is 0 Å². The van der Waals surface area contributed by atoms with Crippen molar-refractivity contribution in [3.8, 4) is 16.9 Å². The van der Waals surface area contributed by atoms with E-state index in [0.717, 1.165) is 16.7 Å². The Morgan fingerprint density at radius 2 is 1.48 bits per heavy atom. The minimum Gasteiger partial charge on any atom is -0.508 e. The summed E-state index contributed by atoms with van der Waals surface area (Å²) in [7, 11) is 0. The number of aromatic hydroxyl groups is 1. The highest BCUT2D eigenvalue weighted by molar-refractivity contribution is 5.79. The Hall–Kier alpha value is -3.07. The molecule has 0 radical (unpaired) electrons. The van der Waals surface area contributed by atoms with Crippen LogP contribution < -0.4 is 5.32 Å². The van der Waals surface area contributed by atoms with Crippen molar-refractivity contribution in [2.45, 2.75) is 19.4 Å². The lowest BCUT2D eigenvalue weighted by atomic mass is 10.0. The lowest BCUT2D eigenvalue weighted by Gasteiger charge is -2.15. The molecule has 3 nitrogen and oxygen atoms in total. The molecule has 1 unspecified atom stereocenters. The Bertz CT molecular complexity index is 824. The van der Waals surface area contributed by atoms with Gasteiger partial charge in [0.05, 0.1) is 12.5 Å². The molecule has 3 rings (SSSR count). The fourth-order valence-electron chi connectivity index (χ4n) is 2.77. The quantitative estimate of drug-likeness (QED) is 0.724. The second-order valence-electron chi connectivity index (χ2n) is 6.12. The summed E-state index contributed by atoms with van der Waals surface area (Å²) in [4.78, 5) is 12.2. The first kappa shape index (κ1) is 16.8. The summed E-state index contributed by atoms with van der Waals surface area (Å²) in [6.07, 6.45) is 0.298. The number of phenols is 1. The molecule has 0 aromatic heterocycles. The summed E-state index contributed by atoms with van der Waals surface area (Å²) < 4.78 is 0. The van der Waals surface area contributed by atoms with Crippen LogP contribution in [0.25, 0.3) is 11.1 Å². The summed E-state index contributed by atoms with van der Waals surface area (Å²) in [6.45, 7) is 1.98. The number of amides is 1. The highest BCUT2D eigenvalue weighted by atomic mass is 16.3. The third-order valence-electron chi connectivity index (χ3n) is 4.20. The molecule has 3 heteroatoms. The highest BCUT2D eigenvalue weighted by Gasteiger charge is 2.10. The maximum absolute atomic E-state index is 12.2. The minimum absolute atomic E-state index is 0.0367. The van der Waals surface area contributed by atoms with Crippen LogP contribution in [0.2, 0.25) is 0 Å². The van der Waals surface area contributed by atoms with Crippen LogP contribution in [0.15, 0.2) is 78.9 Å². The predicted octanol–water partition coefficient (Wildman–Crippen LogP) is 4.48. The predicted molar refractivity (Wildman–Crippen MR) is 100 cm³/mol. The van der Waals surface area contributed by atoms with E-state index >= 15 is 0 Å². The summed E-state index contributed by atoms with van der Waals surface area (Å²) in [5, 5.41) is 12.3. The summed E-state index contributed by atoms with van der Waals surface area (Å²) in [6, 6.07) is 25.1. The van der Waals surface area contributed by atoms with Gasteiger partial charge in [-0.2, -0.15) is 0 Å². The second kappa shape index (κ2) is 7.67. The summed E-state index contributed by atoms with van der Waals surface area (Å²) >= 11 is 0. The van der Waals surface area contributed by atoms with E-state index in [1.165, 1.54) is 5.56 Å². The van der Waals surface area contributed by atoms with Crippen LogP contribution in [-0.2, 0) is 11.2 Å². The molecule has 1 amide bonds. The van der Waals surface area contributed by atoms with Gasteiger partial charge in [0.1, 0.15) is 5.75 Å². The van der Waals surface area contributed by atoms with Gasteiger partial charge in [-0.25, -0.2) is 0 Å². The highest BCUT2D eigenvalue weighted by Crippen LogP contribution is 2.21. The zero-order chi connectivity index (χ0) is 17.6. The molecule has 0 aliphatic rings.